The summed E-state index contributed by atoms with van der Waals surface area (Å²) in [5.41, 5.74) is 1.44. The van der Waals surface area contributed by atoms with Crippen LogP contribution >= 0.6 is 11.3 Å². The Balaban J connectivity index is 2.04. The van der Waals surface area contributed by atoms with E-state index in [0.29, 0.717) is 0 Å². The fraction of sp³-hybridized carbons (Fsp3) is 0.600. The van der Waals surface area contributed by atoms with Crippen molar-refractivity contribution in [2.75, 3.05) is 0 Å². The van der Waals surface area contributed by atoms with E-state index in [1.54, 1.807) is 11.3 Å². The van der Waals surface area contributed by atoms with Crippen LogP contribution in [0, 0.1) is 0 Å². The smallest absolute Gasteiger partial charge is 0.0512 e. The summed E-state index contributed by atoms with van der Waals surface area (Å²) >= 11 is 1.75. The summed E-state index contributed by atoms with van der Waals surface area (Å²) in [6, 6.07) is 2.17. The van der Waals surface area contributed by atoms with Gasteiger partial charge in [-0.25, -0.2) is 0 Å². The molecule has 0 radical (unpaired) electrons. The minimum atomic E-state index is -0.132. The molecule has 2 heteroatoms. The summed E-state index contributed by atoms with van der Waals surface area (Å²) in [6.45, 7) is 1.85. The Bertz CT molecular complexity index is 192. The molecule has 1 atom stereocenters. The molecule has 0 aliphatic heterocycles. The van der Waals surface area contributed by atoms with Crippen molar-refractivity contribution in [3.63, 3.8) is 0 Å². The zero-order valence-electron chi connectivity index (χ0n) is 7.49. The highest BCUT2D eigenvalue weighted by molar-refractivity contribution is 7.07. The van der Waals surface area contributed by atoms with Gasteiger partial charge in [0.05, 0.1) is 6.10 Å². The van der Waals surface area contributed by atoms with Crippen LogP contribution in [-0.4, -0.2) is 11.2 Å². The van der Waals surface area contributed by atoms with Crippen LogP contribution in [0.25, 0.3) is 0 Å². The van der Waals surface area contributed by atoms with E-state index in [1.165, 1.54) is 12.0 Å². The standard InChI is InChI=1S/C10H16OS/c1-9(11)4-2-3-5-10-6-7-12-8-10/h6-9,11H,2-5H2,1H3/t9-/m0/s1. The molecule has 1 heterocycles. The van der Waals surface area contributed by atoms with Gasteiger partial charge < -0.3 is 5.11 Å². The van der Waals surface area contributed by atoms with Gasteiger partial charge in [-0.05, 0) is 48.6 Å². The fourth-order valence-electron chi connectivity index (χ4n) is 1.20. The number of unbranched alkanes of at least 4 members (excludes halogenated alkanes) is 1. The van der Waals surface area contributed by atoms with Crippen LogP contribution in [0.15, 0.2) is 16.8 Å². The molecule has 0 spiro atoms. The summed E-state index contributed by atoms with van der Waals surface area (Å²) in [4.78, 5) is 0. The highest BCUT2D eigenvalue weighted by Crippen LogP contribution is 2.10. The quantitative estimate of drug-likeness (QED) is 0.698. The van der Waals surface area contributed by atoms with Crippen molar-refractivity contribution in [3.8, 4) is 0 Å². The van der Waals surface area contributed by atoms with Crippen molar-refractivity contribution in [2.24, 2.45) is 0 Å². The van der Waals surface area contributed by atoms with Crippen LogP contribution in [0.5, 0.6) is 0 Å². The number of aliphatic hydroxyl groups is 1. The molecular formula is C10H16OS. The summed E-state index contributed by atoms with van der Waals surface area (Å²) in [6.07, 6.45) is 4.29. The van der Waals surface area contributed by atoms with Crippen LogP contribution < -0.4 is 0 Å². The van der Waals surface area contributed by atoms with Crippen LogP contribution in [-0.2, 0) is 6.42 Å². The molecule has 0 aliphatic carbocycles. The molecule has 12 heavy (non-hydrogen) atoms. The van der Waals surface area contributed by atoms with E-state index in [4.69, 9.17) is 5.11 Å². The maximum Gasteiger partial charge on any atom is 0.0512 e. The Kier molecular flexibility index (Phi) is 4.33. The SMILES string of the molecule is C[C@H](O)CCCCc1ccsc1. The summed E-state index contributed by atoms with van der Waals surface area (Å²) < 4.78 is 0. The van der Waals surface area contributed by atoms with Gasteiger partial charge >= 0.3 is 0 Å². The number of aryl methyl sites for hydroxylation is 1. The third-order valence-electron chi connectivity index (χ3n) is 1.92. The van der Waals surface area contributed by atoms with Crippen molar-refractivity contribution >= 4 is 11.3 Å². The molecule has 68 valence electrons. The molecule has 0 saturated heterocycles. The number of hydrogen-bond donors (Lipinski definition) is 1. The molecule has 0 unspecified atom stereocenters. The van der Waals surface area contributed by atoms with Crippen molar-refractivity contribution in [1.29, 1.82) is 0 Å². The molecule has 1 aromatic rings. The molecule has 0 bridgehead atoms. The van der Waals surface area contributed by atoms with Crippen molar-refractivity contribution in [2.45, 2.75) is 38.7 Å². The monoisotopic (exact) mass is 184 g/mol. The third kappa shape index (κ3) is 3.88. The number of rotatable bonds is 5. The largest absolute Gasteiger partial charge is 0.393 e. The van der Waals surface area contributed by atoms with Crippen molar-refractivity contribution < 1.29 is 5.11 Å². The van der Waals surface area contributed by atoms with Crippen LogP contribution in [0.1, 0.15) is 31.7 Å². The molecule has 0 amide bonds. The van der Waals surface area contributed by atoms with Gasteiger partial charge in [0, 0.05) is 0 Å². The zero-order valence-corrected chi connectivity index (χ0v) is 8.31. The first kappa shape index (κ1) is 9.75. The van der Waals surface area contributed by atoms with Gasteiger partial charge in [0.1, 0.15) is 0 Å². The zero-order chi connectivity index (χ0) is 8.81. The van der Waals surface area contributed by atoms with Gasteiger partial charge in [0.15, 0.2) is 0 Å². The van der Waals surface area contributed by atoms with Crippen molar-refractivity contribution in [1.82, 2.24) is 0 Å². The summed E-state index contributed by atoms with van der Waals surface area (Å²) in [7, 11) is 0. The predicted octanol–water partition coefficient (Wildman–Crippen LogP) is 2.84. The molecule has 0 aliphatic rings. The second-order valence-electron chi connectivity index (χ2n) is 3.23. The average Bonchev–Trinajstić information content (AvgIpc) is 2.49. The van der Waals surface area contributed by atoms with E-state index in [-0.39, 0.29) is 6.10 Å². The molecular weight excluding hydrogens is 168 g/mol. The lowest BCUT2D eigenvalue weighted by Crippen LogP contribution is -1.98. The second-order valence-corrected chi connectivity index (χ2v) is 4.01. The van der Waals surface area contributed by atoms with Gasteiger partial charge in [-0.15, -0.1) is 0 Å². The molecule has 0 fully saturated rings. The van der Waals surface area contributed by atoms with E-state index in [9.17, 15) is 0 Å². The molecule has 0 saturated carbocycles. The van der Waals surface area contributed by atoms with E-state index in [0.717, 1.165) is 19.3 Å². The average molecular weight is 184 g/mol. The third-order valence-corrected chi connectivity index (χ3v) is 2.65. The molecule has 0 aromatic carbocycles. The Labute approximate surface area is 78.1 Å². The van der Waals surface area contributed by atoms with Gasteiger partial charge in [-0.2, -0.15) is 11.3 Å². The summed E-state index contributed by atoms with van der Waals surface area (Å²) in [5.74, 6) is 0. The first-order chi connectivity index (χ1) is 5.79. The molecule has 1 rings (SSSR count). The van der Waals surface area contributed by atoms with Crippen LogP contribution in [0.2, 0.25) is 0 Å². The number of hydrogen-bond acceptors (Lipinski definition) is 2. The maximum atomic E-state index is 9.01. The maximum absolute atomic E-state index is 9.01. The van der Waals surface area contributed by atoms with Gasteiger partial charge in [0.2, 0.25) is 0 Å². The van der Waals surface area contributed by atoms with E-state index < -0.39 is 0 Å². The first-order valence-electron chi connectivity index (χ1n) is 4.48. The second kappa shape index (κ2) is 5.33. The highest BCUT2D eigenvalue weighted by Gasteiger charge is 1.96. The van der Waals surface area contributed by atoms with Crippen LogP contribution in [0.4, 0.5) is 0 Å². The lowest BCUT2D eigenvalue weighted by atomic mass is 10.1. The number of aliphatic hydroxyl groups excluding tert-OH is 1. The van der Waals surface area contributed by atoms with Crippen LogP contribution in [0.3, 0.4) is 0 Å². The predicted molar refractivity (Wildman–Crippen MR) is 53.6 cm³/mol. The fourth-order valence-corrected chi connectivity index (χ4v) is 1.91. The van der Waals surface area contributed by atoms with Gasteiger partial charge in [0.25, 0.3) is 0 Å². The van der Waals surface area contributed by atoms with Gasteiger partial charge in [-0.1, -0.05) is 6.42 Å². The Hall–Kier alpha value is -0.340. The summed E-state index contributed by atoms with van der Waals surface area (Å²) in [5, 5.41) is 13.3. The Morgan fingerprint density at radius 1 is 1.50 bits per heavy atom. The van der Waals surface area contributed by atoms with E-state index in [1.807, 2.05) is 6.92 Å². The number of thiophene rings is 1. The highest BCUT2D eigenvalue weighted by atomic mass is 32.1. The first-order valence-corrected chi connectivity index (χ1v) is 5.42. The van der Waals surface area contributed by atoms with Crippen molar-refractivity contribution in [3.05, 3.63) is 22.4 Å². The minimum Gasteiger partial charge on any atom is -0.393 e. The molecule has 1 nitrogen and oxygen atoms in total. The topological polar surface area (TPSA) is 20.2 Å². The lowest BCUT2D eigenvalue weighted by molar-refractivity contribution is 0.180. The normalized spacial score (nSPS) is 13.2. The Morgan fingerprint density at radius 2 is 2.33 bits per heavy atom. The Morgan fingerprint density at radius 3 is 2.92 bits per heavy atom. The van der Waals surface area contributed by atoms with E-state index >= 15 is 0 Å². The van der Waals surface area contributed by atoms with E-state index in [2.05, 4.69) is 16.8 Å². The molecule has 1 N–H and O–H groups in total. The van der Waals surface area contributed by atoms with Gasteiger partial charge in [-0.3, -0.25) is 0 Å². The molecule has 1 aromatic heterocycles. The lowest BCUT2D eigenvalue weighted by Gasteiger charge is -2.02. The minimum absolute atomic E-state index is 0.132.